The Morgan fingerprint density at radius 3 is 2.65 bits per heavy atom. The first-order valence-corrected chi connectivity index (χ1v) is 10.1. The molecule has 3 rings (SSSR count). The summed E-state index contributed by atoms with van der Waals surface area (Å²) in [4.78, 5) is 29.1. The normalized spacial score (nSPS) is 24.4. The van der Waals surface area contributed by atoms with E-state index in [0.717, 1.165) is 44.6 Å². The Labute approximate surface area is 157 Å². The standard InChI is InChI=1S/C22H32N2O2/c1-18(2)24-17-22(13-11-21(24)26)12-7-15-23(16-22)14-6-10-20(25)19-8-4-3-5-9-19/h3-5,8-9,18H,6-7,10-17H2,1-2H3/t22-/m1/s1. The Bertz CT molecular complexity index is 628. The van der Waals surface area contributed by atoms with Crippen LogP contribution < -0.4 is 0 Å². The smallest absolute Gasteiger partial charge is 0.222 e. The van der Waals surface area contributed by atoms with Gasteiger partial charge in [0.25, 0.3) is 0 Å². The minimum Gasteiger partial charge on any atom is -0.340 e. The fourth-order valence-electron chi connectivity index (χ4n) is 4.58. The van der Waals surface area contributed by atoms with E-state index in [4.69, 9.17) is 0 Å². The van der Waals surface area contributed by atoms with Gasteiger partial charge in [-0.15, -0.1) is 0 Å². The van der Waals surface area contributed by atoms with E-state index in [1.54, 1.807) is 0 Å². The number of ketones is 1. The second kappa shape index (κ2) is 8.34. The number of amides is 1. The van der Waals surface area contributed by atoms with Crippen molar-refractivity contribution in [3.05, 3.63) is 35.9 Å². The maximum atomic E-state index is 12.3. The van der Waals surface area contributed by atoms with Gasteiger partial charge in [0, 0.05) is 43.0 Å². The van der Waals surface area contributed by atoms with Crippen molar-refractivity contribution in [3.63, 3.8) is 0 Å². The zero-order chi connectivity index (χ0) is 18.6. The van der Waals surface area contributed by atoms with Gasteiger partial charge in [0.05, 0.1) is 0 Å². The number of carbonyl (C=O) groups is 2. The highest BCUT2D eigenvalue weighted by Gasteiger charge is 2.42. The van der Waals surface area contributed by atoms with Gasteiger partial charge in [0.15, 0.2) is 5.78 Å². The van der Waals surface area contributed by atoms with Crippen LogP contribution in [0, 0.1) is 5.41 Å². The number of Topliss-reactive ketones (excluding diaryl/α,β-unsaturated/α-hetero) is 1. The number of benzene rings is 1. The van der Waals surface area contributed by atoms with Gasteiger partial charge in [-0.2, -0.15) is 0 Å². The summed E-state index contributed by atoms with van der Waals surface area (Å²) in [6.45, 7) is 8.32. The number of hydrogen-bond acceptors (Lipinski definition) is 3. The van der Waals surface area contributed by atoms with Crippen LogP contribution in [0.15, 0.2) is 30.3 Å². The number of hydrogen-bond donors (Lipinski definition) is 0. The lowest BCUT2D eigenvalue weighted by Gasteiger charge is -2.49. The molecule has 1 aromatic carbocycles. The van der Waals surface area contributed by atoms with Crippen molar-refractivity contribution in [2.24, 2.45) is 5.41 Å². The summed E-state index contributed by atoms with van der Waals surface area (Å²) in [6.07, 6.45) is 5.67. The minimum atomic E-state index is 0.242. The molecule has 1 spiro atoms. The molecule has 1 amide bonds. The van der Waals surface area contributed by atoms with Crippen LogP contribution in [-0.4, -0.2) is 53.7 Å². The van der Waals surface area contributed by atoms with Crippen LogP contribution in [0.25, 0.3) is 0 Å². The van der Waals surface area contributed by atoms with Gasteiger partial charge in [-0.1, -0.05) is 30.3 Å². The molecule has 4 nitrogen and oxygen atoms in total. The Kier molecular flexibility index (Phi) is 6.13. The van der Waals surface area contributed by atoms with Gasteiger partial charge in [0.1, 0.15) is 0 Å². The number of likely N-dealkylation sites (tertiary alicyclic amines) is 2. The van der Waals surface area contributed by atoms with Crippen LogP contribution >= 0.6 is 0 Å². The SMILES string of the molecule is CC(C)N1C[C@]2(CCCN(CCCC(=O)c3ccccc3)C2)CCC1=O. The average molecular weight is 357 g/mol. The summed E-state index contributed by atoms with van der Waals surface area (Å²) >= 11 is 0. The van der Waals surface area contributed by atoms with Crippen molar-refractivity contribution in [2.45, 2.75) is 58.4 Å². The van der Waals surface area contributed by atoms with Crippen LogP contribution in [0.4, 0.5) is 0 Å². The van der Waals surface area contributed by atoms with E-state index in [0.29, 0.717) is 24.8 Å². The molecule has 2 fully saturated rings. The molecule has 2 saturated heterocycles. The van der Waals surface area contributed by atoms with E-state index < -0.39 is 0 Å². The maximum Gasteiger partial charge on any atom is 0.222 e. The summed E-state index contributed by atoms with van der Waals surface area (Å²) in [6, 6.07) is 9.88. The summed E-state index contributed by atoms with van der Waals surface area (Å²) in [7, 11) is 0. The largest absolute Gasteiger partial charge is 0.340 e. The van der Waals surface area contributed by atoms with E-state index in [-0.39, 0.29) is 11.2 Å². The van der Waals surface area contributed by atoms with Crippen molar-refractivity contribution in [1.29, 1.82) is 0 Å². The van der Waals surface area contributed by atoms with Gasteiger partial charge in [-0.05, 0) is 52.6 Å². The first-order valence-electron chi connectivity index (χ1n) is 10.1. The number of nitrogens with zero attached hydrogens (tertiary/aromatic N) is 2. The molecule has 4 heteroatoms. The predicted octanol–water partition coefficient (Wildman–Crippen LogP) is 3.76. The molecule has 0 saturated carbocycles. The van der Waals surface area contributed by atoms with Crippen molar-refractivity contribution >= 4 is 11.7 Å². The van der Waals surface area contributed by atoms with E-state index in [2.05, 4.69) is 23.6 Å². The van der Waals surface area contributed by atoms with E-state index in [1.807, 2.05) is 30.3 Å². The highest BCUT2D eigenvalue weighted by molar-refractivity contribution is 5.95. The van der Waals surface area contributed by atoms with Gasteiger partial charge in [0.2, 0.25) is 5.91 Å². The molecule has 0 bridgehead atoms. The molecule has 0 unspecified atom stereocenters. The summed E-state index contributed by atoms with van der Waals surface area (Å²) in [5.74, 6) is 0.558. The van der Waals surface area contributed by atoms with Crippen LogP contribution in [0.2, 0.25) is 0 Å². The molecule has 26 heavy (non-hydrogen) atoms. The van der Waals surface area contributed by atoms with Crippen LogP contribution in [0.1, 0.15) is 62.7 Å². The first kappa shape index (κ1) is 19.1. The molecule has 1 aromatic rings. The highest BCUT2D eigenvalue weighted by Crippen LogP contribution is 2.39. The fourth-order valence-corrected chi connectivity index (χ4v) is 4.58. The van der Waals surface area contributed by atoms with Crippen molar-refractivity contribution in [3.8, 4) is 0 Å². The first-order chi connectivity index (χ1) is 12.5. The lowest BCUT2D eigenvalue weighted by atomic mass is 9.73. The number of piperidine rings is 2. The van der Waals surface area contributed by atoms with Crippen LogP contribution in [0.3, 0.4) is 0 Å². The van der Waals surface area contributed by atoms with Gasteiger partial charge < -0.3 is 9.80 Å². The average Bonchev–Trinajstić information content (AvgIpc) is 2.65. The quantitative estimate of drug-likeness (QED) is 0.729. The van der Waals surface area contributed by atoms with Gasteiger partial charge in [-0.25, -0.2) is 0 Å². The highest BCUT2D eigenvalue weighted by atomic mass is 16.2. The molecule has 0 aliphatic carbocycles. The zero-order valence-corrected chi connectivity index (χ0v) is 16.2. The van der Waals surface area contributed by atoms with Gasteiger partial charge in [-0.3, -0.25) is 9.59 Å². The predicted molar refractivity (Wildman–Crippen MR) is 104 cm³/mol. The third kappa shape index (κ3) is 4.53. The van der Waals surface area contributed by atoms with Crippen LogP contribution in [0.5, 0.6) is 0 Å². The summed E-state index contributed by atoms with van der Waals surface area (Å²) in [5, 5.41) is 0. The maximum absolute atomic E-state index is 12.3. The Hall–Kier alpha value is -1.68. The third-order valence-corrected chi connectivity index (χ3v) is 6.03. The third-order valence-electron chi connectivity index (χ3n) is 6.03. The molecule has 1 atom stereocenters. The second-order valence-electron chi connectivity index (χ2n) is 8.39. The number of carbonyl (C=O) groups excluding carboxylic acids is 2. The van der Waals surface area contributed by atoms with E-state index in [1.165, 1.54) is 12.8 Å². The lowest BCUT2D eigenvalue weighted by molar-refractivity contribution is -0.141. The van der Waals surface area contributed by atoms with E-state index in [9.17, 15) is 9.59 Å². The molecular formula is C22H32N2O2. The molecule has 0 N–H and O–H groups in total. The molecule has 2 heterocycles. The molecular weight excluding hydrogens is 324 g/mol. The molecule has 0 radical (unpaired) electrons. The monoisotopic (exact) mass is 356 g/mol. The fraction of sp³-hybridized carbons (Fsp3) is 0.636. The molecule has 2 aliphatic heterocycles. The van der Waals surface area contributed by atoms with Gasteiger partial charge >= 0.3 is 0 Å². The Morgan fingerprint density at radius 1 is 1.15 bits per heavy atom. The molecule has 2 aliphatic rings. The van der Waals surface area contributed by atoms with Crippen molar-refractivity contribution < 1.29 is 9.59 Å². The second-order valence-corrected chi connectivity index (χ2v) is 8.39. The van der Waals surface area contributed by atoms with E-state index >= 15 is 0 Å². The summed E-state index contributed by atoms with van der Waals surface area (Å²) < 4.78 is 0. The molecule has 142 valence electrons. The topological polar surface area (TPSA) is 40.6 Å². The summed E-state index contributed by atoms with van der Waals surface area (Å²) in [5.41, 5.74) is 1.08. The molecule has 0 aromatic heterocycles. The Balaban J connectivity index is 1.51. The van der Waals surface area contributed by atoms with Crippen molar-refractivity contribution in [2.75, 3.05) is 26.2 Å². The van der Waals surface area contributed by atoms with Crippen LogP contribution in [-0.2, 0) is 4.79 Å². The minimum absolute atomic E-state index is 0.242. The number of rotatable bonds is 6. The zero-order valence-electron chi connectivity index (χ0n) is 16.2. The van der Waals surface area contributed by atoms with Crippen molar-refractivity contribution in [1.82, 2.24) is 9.80 Å². The lowest BCUT2D eigenvalue weighted by Crippen LogP contribution is -2.55. The Morgan fingerprint density at radius 2 is 1.92 bits per heavy atom.